The zero-order valence-corrected chi connectivity index (χ0v) is 12.7. The van der Waals surface area contributed by atoms with Gasteiger partial charge in [0.25, 0.3) is 5.91 Å². The highest BCUT2D eigenvalue weighted by molar-refractivity contribution is 5.93. The Bertz CT molecular complexity index is 471. The predicted molar refractivity (Wildman–Crippen MR) is 81.7 cm³/mol. The molecule has 2 atom stereocenters. The van der Waals surface area contributed by atoms with Crippen molar-refractivity contribution in [2.24, 2.45) is 5.92 Å². The second-order valence-corrected chi connectivity index (χ2v) is 5.79. The summed E-state index contributed by atoms with van der Waals surface area (Å²) in [4.78, 5) is 18.6. The predicted octanol–water partition coefficient (Wildman–Crippen LogP) is 0.549. The van der Waals surface area contributed by atoms with E-state index in [0.29, 0.717) is 24.1 Å². The molecule has 6 nitrogen and oxygen atoms in total. The van der Waals surface area contributed by atoms with Crippen LogP contribution in [-0.4, -0.2) is 67.9 Å². The number of ether oxygens (including phenoxy) is 2. The van der Waals surface area contributed by atoms with Crippen LogP contribution in [0.2, 0.25) is 0 Å². The van der Waals surface area contributed by atoms with Crippen LogP contribution in [0.5, 0.6) is 0 Å². The van der Waals surface area contributed by atoms with E-state index in [1.165, 1.54) is 0 Å². The highest BCUT2D eigenvalue weighted by atomic mass is 16.5. The van der Waals surface area contributed by atoms with Gasteiger partial charge in [0.1, 0.15) is 0 Å². The fourth-order valence-corrected chi connectivity index (χ4v) is 3.16. The van der Waals surface area contributed by atoms with Crippen molar-refractivity contribution < 1.29 is 14.3 Å². The van der Waals surface area contributed by atoms with Gasteiger partial charge in [-0.25, -0.2) is 0 Å². The molecule has 0 bridgehead atoms. The largest absolute Gasteiger partial charge is 0.381 e. The maximum atomic E-state index is 12.2. The number of amides is 1. The van der Waals surface area contributed by atoms with E-state index in [-0.39, 0.29) is 5.91 Å². The van der Waals surface area contributed by atoms with Gasteiger partial charge in [0.15, 0.2) is 0 Å². The molecular formula is C16H23N3O3. The van der Waals surface area contributed by atoms with E-state index in [0.717, 1.165) is 45.9 Å². The summed E-state index contributed by atoms with van der Waals surface area (Å²) in [5.74, 6) is 0.414. The van der Waals surface area contributed by atoms with E-state index in [1.807, 2.05) is 0 Å². The van der Waals surface area contributed by atoms with Crippen molar-refractivity contribution in [1.29, 1.82) is 0 Å². The van der Waals surface area contributed by atoms with Crippen molar-refractivity contribution in [1.82, 2.24) is 15.2 Å². The van der Waals surface area contributed by atoms with Crippen LogP contribution in [0.3, 0.4) is 0 Å². The molecule has 1 aromatic rings. The molecule has 2 fully saturated rings. The third kappa shape index (κ3) is 3.82. The standard InChI is InChI=1S/C16H23N3O3/c20-16(13-2-1-4-17-10-13)18-11-15(14-3-7-22-12-14)19-5-8-21-9-6-19/h1-2,4,10,14-15H,3,5-9,11-12H2,(H,18,20)/t14-,15-/m1/s1. The first-order valence-electron chi connectivity index (χ1n) is 7.92. The van der Waals surface area contributed by atoms with Crippen molar-refractivity contribution >= 4 is 5.91 Å². The van der Waals surface area contributed by atoms with Crippen LogP contribution in [0.15, 0.2) is 24.5 Å². The second-order valence-electron chi connectivity index (χ2n) is 5.79. The van der Waals surface area contributed by atoms with Crippen LogP contribution in [-0.2, 0) is 9.47 Å². The first kappa shape index (κ1) is 15.4. The van der Waals surface area contributed by atoms with Gasteiger partial charge < -0.3 is 14.8 Å². The molecule has 2 aliphatic heterocycles. The lowest BCUT2D eigenvalue weighted by Gasteiger charge is -2.37. The highest BCUT2D eigenvalue weighted by Gasteiger charge is 2.31. The van der Waals surface area contributed by atoms with Crippen LogP contribution in [0.1, 0.15) is 16.8 Å². The van der Waals surface area contributed by atoms with Crippen molar-refractivity contribution in [2.75, 3.05) is 46.1 Å². The monoisotopic (exact) mass is 305 g/mol. The molecular weight excluding hydrogens is 282 g/mol. The van der Waals surface area contributed by atoms with Crippen LogP contribution >= 0.6 is 0 Å². The Hall–Kier alpha value is -1.50. The average molecular weight is 305 g/mol. The Labute approximate surface area is 130 Å². The summed E-state index contributed by atoms with van der Waals surface area (Å²) in [7, 11) is 0. The van der Waals surface area contributed by atoms with Crippen molar-refractivity contribution in [3.8, 4) is 0 Å². The number of rotatable bonds is 5. The summed E-state index contributed by atoms with van der Waals surface area (Å²) in [6.07, 6.45) is 4.33. The molecule has 1 N–H and O–H groups in total. The lowest BCUT2D eigenvalue weighted by Crippen LogP contribution is -2.52. The van der Waals surface area contributed by atoms with Gasteiger partial charge >= 0.3 is 0 Å². The SMILES string of the molecule is O=C(NC[C@H]([C@@H]1CCOC1)N1CCOCC1)c1cccnc1. The third-order valence-corrected chi connectivity index (χ3v) is 4.42. The molecule has 2 aliphatic rings. The quantitative estimate of drug-likeness (QED) is 0.861. The average Bonchev–Trinajstić information content (AvgIpc) is 3.11. The third-order valence-electron chi connectivity index (χ3n) is 4.42. The zero-order valence-electron chi connectivity index (χ0n) is 12.7. The molecule has 0 radical (unpaired) electrons. The number of nitrogens with one attached hydrogen (secondary N) is 1. The number of aromatic nitrogens is 1. The van der Waals surface area contributed by atoms with Gasteiger partial charge in [-0.3, -0.25) is 14.7 Å². The van der Waals surface area contributed by atoms with Crippen LogP contribution in [0.4, 0.5) is 0 Å². The smallest absolute Gasteiger partial charge is 0.252 e. The number of carbonyl (C=O) groups is 1. The van der Waals surface area contributed by atoms with Gasteiger partial charge in [0.05, 0.1) is 25.4 Å². The van der Waals surface area contributed by atoms with E-state index < -0.39 is 0 Å². The molecule has 120 valence electrons. The normalized spacial score (nSPS) is 24.1. The van der Waals surface area contributed by atoms with E-state index >= 15 is 0 Å². The molecule has 22 heavy (non-hydrogen) atoms. The second kappa shape index (κ2) is 7.67. The van der Waals surface area contributed by atoms with Crippen molar-refractivity contribution in [2.45, 2.75) is 12.5 Å². The first-order valence-corrected chi connectivity index (χ1v) is 7.92. The summed E-state index contributed by atoms with van der Waals surface area (Å²) in [6.45, 7) is 5.61. The zero-order chi connectivity index (χ0) is 15.2. The van der Waals surface area contributed by atoms with E-state index in [2.05, 4.69) is 15.2 Å². The molecule has 0 aromatic carbocycles. The maximum Gasteiger partial charge on any atom is 0.252 e. The van der Waals surface area contributed by atoms with Gasteiger partial charge in [-0.1, -0.05) is 0 Å². The number of nitrogens with zero attached hydrogens (tertiary/aromatic N) is 2. The Kier molecular flexibility index (Phi) is 5.37. The minimum absolute atomic E-state index is 0.0646. The molecule has 1 amide bonds. The van der Waals surface area contributed by atoms with E-state index in [1.54, 1.807) is 24.5 Å². The summed E-state index contributed by atoms with van der Waals surface area (Å²) in [5, 5.41) is 3.06. The highest BCUT2D eigenvalue weighted by Crippen LogP contribution is 2.21. The molecule has 0 spiro atoms. The van der Waals surface area contributed by atoms with Gasteiger partial charge in [0.2, 0.25) is 0 Å². The topological polar surface area (TPSA) is 63.7 Å². The minimum atomic E-state index is -0.0646. The lowest BCUT2D eigenvalue weighted by atomic mass is 9.96. The summed E-state index contributed by atoms with van der Waals surface area (Å²) >= 11 is 0. The summed E-state index contributed by atoms with van der Waals surface area (Å²) in [6, 6.07) is 3.87. The molecule has 3 heterocycles. The fourth-order valence-electron chi connectivity index (χ4n) is 3.16. The Morgan fingerprint density at radius 3 is 2.91 bits per heavy atom. The van der Waals surface area contributed by atoms with Crippen LogP contribution < -0.4 is 5.32 Å². The molecule has 3 rings (SSSR count). The number of hydrogen-bond acceptors (Lipinski definition) is 5. The first-order chi connectivity index (χ1) is 10.8. The summed E-state index contributed by atoms with van der Waals surface area (Å²) < 4.78 is 11.0. The Balaban J connectivity index is 1.60. The van der Waals surface area contributed by atoms with Crippen molar-refractivity contribution in [3.63, 3.8) is 0 Å². The maximum absolute atomic E-state index is 12.2. The minimum Gasteiger partial charge on any atom is -0.381 e. The number of carbonyl (C=O) groups excluding carboxylic acids is 1. The molecule has 0 unspecified atom stereocenters. The molecule has 1 aromatic heterocycles. The lowest BCUT2D eigenvalue weighted by molar-refractivity contribution is 0.00166. The molecule has 0 aliphatic carbocycles. The van der Waals surface area contributed by atoms with Crippen LogP contribution in [0.25, 0.3) is 0 Å². The summed E-state index contributed by atoms with van der Waals surface area (Å²) in [5.41, 5.74) is 0.603. The van der Waals surface area contributed by atoms with E-state index in [9.17, 15) is 4.79 Å². The molecule has 2 saturated heterocycles. The number of hydrogen-bond donors (Lipinski definition) is 1. The van der Waals surface area contributed by atoms with Crippen molar-refractivity contribution in [3.05, 3.63) is 30.1 Å². The number of morpholine rings is 1. The Morgan fingerprint density at radius 1 is 1.36 bits per heavy atom. The molecule has 6 heteroatoms. The van der Waals surface area contributed by atoms with Gasteiger partial charge in [-0.05, 0) is 18.6 Å². The molecule has 0 saturated carbocycles. The van der Waals surface area contributed by atoms with Crippen LogP contribution in [0, 0.1) is 5.92 Å². The van der Waals surface area contributed by atoms with Gasteiger partial charge in [-0.15, -0.1) is 0 Å². The van der Waals surface area contributed by atoms with E-state index in [4.69, 9.17) is 9.47 Å². The van der Waals surface area contributed by atoms with Gasteiger partial charge in [-0.2, -0.15) is 0 Å². The Morgan fingerprint density at radius 2 is 2.23 bits per heavy atom. The number of pyridine rings is 1. The van der Waals surface area contributed by atoms with Gasteiger partial charge in [0, 0.05) is 50.6 Å². The fraction of sp³-hybridized carbons (Fsp3) is 0.625.